The highest BCUT2D eigenvalue weighted by Crippen LogP contribution is 2.66. The Morgan fingerprint density at radius 2 is 2.27 bits per heavy atom. The van der Waals surface area contributed by atoms with Crippen LogP contribution in [0.3, 0.4) is 0 Å². The number of Topliss-reactive ketones (excluding diaryl/α,β-unsaturated/α-hetero) is 1. The summed E-state index contributed by atoms with van der Waals surface area (Å²) in [7, 11) is 1.78. The topological polar surface area (TPSA) is 65.1 Å². The molecule has 4 atom stereocenters. The van der Waals surface area contributed by atoms with Crippen LogP contribution in [0.2, 0.25) is 0 Å². The quantitative estimate of drug-likeness (QED) is 0.458. The zero-order valence-electron chi connectivity index (χ0n) is 15.0. The van der Waals surface area contributed by atoms with Crippen LogP contribution in [0.1, 0.15) is 37.3 Å². The summed E-state index contributed by atoms with van der Waals surface area (Å²) in [5, 5.41) is 0. The summed E-state index contributed by atoms with van der Waals surface area (Å²) in [6, 6.07) is 4.44. The van der Waals surface area contributed by atoms with Crippen molar-refractivity contribution in [2.75, 3.05) is 20.4 Å². The fraction of sp³-hybridized carbons (Fsp3) is 0.632. The standard InChI is InChI=1S/C19H22NO5P/c1-18-15(21)6-4-12-13-9-11-3-5-14(23-10-24-26-22)17(25-18)16(11)19(12,18)7-8-20(13)2/h3,5,12-13H,4,6-10H2,1-2H3/t12-,13?,18-,19-/m0/s1. The number of rotatable bonds is 4. The average molecular weight is 375 g/mol. The van der Waals surface area contributed by atoms with Crippen molar-refractivity contribution in [2.24, 2.45) is 5.92 Å². The van der Waals surface area contributed by atoms with Gasteiger partial charge < -0.3 is 14.4 Å². The second-order valence-corrected chi connectivity index (χ2v) is 8.48. The van der Waals surface area contributed by atoms with Gasteiger partial charge in [-0.15, -0.1) is 0 Å². The molecule has 1 spiro atoms. The molecule has 1 aromatic rings. The lowest BCUT2D eigenvalue weighted by atomic mass is 9.47. The first-order chi connectivity index (χ1) is 12.5. The van der Waals surface area contributed by atoms with E-state index in [0.717, 1.165) is 25.8 Å². The van der Waals surface area contributed by atoms with Gasteiger partial charge in [-0.1, -0.05) is 6.07 Å². The SMILES string of the molecule is CN1CC[C@]23c4c5ccc(OCOP=O)c4O[C@@]2(C)C(=O)CC[C@H]3C1C5. The van der Waals surface area contributed by atoms with E-state index in [4.69, 9.17) is 14.0 Å². The first kappa shape index (κ1) is 16.7. The van der Waals surface area contributed by atoms with E-state index in [1.807, 2.05) is 13.0 Å². The van der Waals surface area contributed by atoms with E-state index in [0.29, 0.717) is 29.9 Å². The second kappa shape index (κ2) is 5.51. The van der Waals surface area contributed by atoms with Gasteiger partial charge in [0.05, 0.1) is 5.41 Å². The summed E-state index contributed by atoms with van der Waals surface area (Å²) in [4.78, 5) is 15.5. The third-order valence-corrected chi connectivity index (χ3v) is 7.51. The van der Waals surface area contributed by atoms with Crippen molar-refractivity contribution in [3.05, 3.63) is 23.3 Å². The predicted octanol–water partition coefficient (Wildman–Crippen LogP) is 2.87. The van der Waals surface area contributed by atoms with E-state index >= 15 is 0 Å². The molecule has 2 fully saturated rings. The molecule has 1 aromatic carbocycles. The lowest BCUT2D eigenvalue weighted by Gasteiger charge is -2.60. The maximum Gasteiger partial charge on any atom is 0.330 e. The maximum absolute atomic E-state index is 13.0. The third-order valence-electron chi connectivity index (χ3n) is 7.30. The van der Waals surface area contributed by atoms with E-state index < -0.39 is 14.3 Å². The molecular weight excluding hydrogens is 353 g/mol. The van der Waals surface area contributed by atoms with Crippen LogP contribution < -0.4 is 9.47 Å². The number of hydrogen-bond donors (Lipinski definition) is 0. The van der Waals surface area contributed by atoms with Gasteiger partial charge in [-0.2, -0.15) is 0 Å². The van der Waals surface area contributed by atoms with Crippen LogP contribution >= 0.6 is 8.69 Å². The monoisotopic (exact) mass is 375 g/mol. The van der Waals surface area contributed by atoms with Gasteiger partial charge in [-0.25, -0.2) is 4.57 Å². The fourth-order valence-corrected chi connectivity index (χ4v) is 6.25. The molecule has 1 saturated heterocycles. The van der Waals surface area contributed by atoms with E-state index in [1.54, 1.807) is 0 Å². The number of hydrogen-bond acceptors (Lipinski definition) is 6. The van der Waals surface area contributed by atoms with Gasteiger partial charge in [0.25, 0.3) is 0 Å². The molecule has 1 saturated carbocycles. The maximum atomic E-state index is 13.0. The number of piperidine rings is 1. The molecular formula is C19H22NO5P. The van der Waals surface area contributed by atoms with E-state index in [1.165, 1.54) is 11.1 Å². The summed E-state index contributed by atoms with van der Waals surface area (Å²) in [5.41, 5.74) is 1.35. The van der Waals surface area contributed by atoms with Crippen molar-refractivity contribution in [1.29, 1.82) is 0 Å². The van der Waals surface area contributed by atoms with Gasteiger partial charge in [0, 0.05) is 18.0 Å². The minimum Gasteiger partial charge on any atom is -0.475 e. The molecule has 4 aliphatic rings. The molecule has 5 rings (SSSR count). The second-order valence-electron chi connectivity index (χ2n) is 8.07. The summed E-state index contributed by atoms with van der Waals surface area (Å²) in [6.45, 7) is 2.83. The van der Waals surface area contributed by atoms with Crippen LogP contribution in [0.5, 0.6) is 11.5 Å². The van der Waals surface area contributed by atoms with Gasteiger partial charge >= 0.3 is 8.69 Å². The normalized spacial score (nSPS) is 37.4. The van der Waals surface area contributed by atoms with Crippen LogP contribution in [-0.4, -0.2) is 42.7 Å². The van der Waals surface area contributed by atoms with E-state index in [2.05, 4.69) is 18.0 Å². The Bertz CT molecular complexity index is 813. The highest BCUT2D eigenvalue weighted by atomic mass is 31.1. The Balaban J connectivity index is 1.71. The summed E-state index contributed by atoms with van der Waals surface area (Å²) in [6.07, 6.45) is 3.40. The summed E-state index contributed by atoms with van der Waals surface area (Å²) in [5.74, 6) is 1.88. The lowest BCUT2D eigenvalue weighted by molar-refractivity contribution is -0.153. The molecule has 2 bridgehead atoms. The van der Waals surface area contributed by atoms with Gasteiger partial charge in [-0.05, 0) is 57.3 Å². The van der Waals surface area contributed by atoms with Crippen molar-refractivity contribution in [1.82, 2.24) is 4.90 Å². The first-order valence-corrected chi connectivity index (χ1v) is 9.92. The molecule has 2 heterocycles. The molecule has 138 valence electrons. The minimum atomic E-state index is -0.829. The minimum absolute atomic E-state index is 0.118. The Morgan fingerprint density at radius 1 is 1.42 bits per heavy atom. The number of nitrogens with zero attached hydrogens (tertiary/aromatic N) is 1. The van der Waals surface area contributed by atoms with Crippen molar-refractivity contribution in [3.63, 3.8) is 0 Å². The Morgan fingerprint density at radius 3 is 3.08 bits per heavy atom. The van der Waals surface area contributed by atoms with Crippen molar-refractivity contribution >= 4 is 14.5 Å². The van der Waals surface area contributed by atoms with Crippen LogP contribution in [-0.2, 0) is 25.7 Å². The molecule has 1 unspecified atom stereocenters. The number of benzene rings is 1. The summed E-state index contributed by atoms with van der Waals surface area (Å²) >= 11 is 0. The van der Waals surface area contributed by atoms with Crippen LogP contribution in [0.25, 0.3) is 0 Å². The number of likely N-dealkylation sites (tertiary alicyclic amines) is 1. The van der Waals surface area contributed by atoms with E-state index in [-0.39, 0.29) is 18.0 Å². The highest BCUT2D eigenvalue weighted by Gasteiger charge is 2.71. The fourth-order valence-electron chi connectivity index (χ4n) is 6.16. The smallest absolute Gasteiger partial charge is 0.330 e. The van der Waals surface area contributed by atoms with Crippen LogP contribution in [0.15, 0.2) is 12.1 Å². The third kappa shape index (κ3) is 1.83. The van der Waals surface area contributed by atoms with Crippen molar-refractivity contribution in [2.45, 2.75) is 49.7 Å². The molecule has 0 radical (unpaired) electrons. The predicted molar refractivity (Wildman–Crippen MR) is 93.8 cm³/mol. The van der Waals surface area contributed by atoms with Gasteiger partial charge in [0.1, 0.15) is 0 Å². The van der Waals surface area contributed by atoms with E-state index in [9.17, 15) is 9.36 Å². The molecule has 6 nitrogen and oxygen atoms in total. The Hall–Kier alpha value is -1.49. The number of carbonyl (C=O) groups excluding carboxylic acids is 1. The Kier molecular flexibility index (Phi) is 3.53. The molecule has 7 heteroatoms. The molecule has 26 heavy (non-hydrogen) atoms. The summed E-state index contributed by atoms with van der Waals surface area (Å²) < 4.78 is 27.4. The lowest BCUT2D eigenvalue weighted by Crippen LogP contribution is -2.70. The molecule has 2 aliphatic carbocycles. The molecule has 2 aliphatic heterocycles. The van der Waals surface area contributed by atoms with Crippen molar-refractivity contribution in [3.8, 4) is 11.5 Å². The molecule has 0 aromatic heterocycles. The number of ether oxygens (including phenoxy) is 2. The van der Waals surface area contributed by atoms with Gasteiger partial charge in [-0.3, -0.25) is 9.32 Å². The van der Waals surface area contributed by atoms with Gasteiger partial charge in [0.15, 0.2) is 22.9 Å². The molecule has 0 amide bonds. The van der Waals surface area contributed by atoms with Gasteiger partial charge in [0.2, 0.25) is 6.79 Å². The van der Waals surface area contributed by atoms with Crippen molar-refractivity contribution < 1.29 is 23.4 Å². The van der Waals surface area contributed by atoms with Crippen LogP contribution in [0, 0.1) is 5.92 Å². The largest absolute Gasteiger partial charge is 0.475 e. The number of ketones is 1. The Labute approximate surface area is 154 Å². The zero-order chi connectivity index (χ0) is 18.1. The number of likely N-dealkylation sites (N-methyl/N-ethyl adjacent to an activating group) is 1. The molecule has 0 N–H and O–H groups in total. The van der Waals surface area contributed by atoms with Crippen LogP contribution in [0.4, 0.5) is 0 Å². The average Bonchev–Trinajstić information content (AvgIpc) is 2.91. The number of carbonyl (C=O) groups is 1. The highest BCUT2D eigenvalue weighted by molar-refractivity contribution is 7.17. The zero-order valence-corrected chi connectivity index (χ0v) is 15.9. The first-order valence-electron chi connectivity index (χ1n) is 9.19.